The summed E-state index contributed by atoms with van der Waals surface area (Å²) in [4.78, 5) is 9.70. The maximum Gasteiger partial charge on any atom is 0.303 e. The largest absolute Gasteiger partial charge is 0.481 e. The summed E-state index contributed by atoms with van der Waals surface area (Å²) in [6.45, 7) is 0.465. The molecule has 0 rings (SSSR count). The summed E-state index contributed by atoms with van der Waals surface area (Å²) in [5.74, 6) is -0.773. The molecule has 0 aromatic carbocycles. The third kappa shape index (κ3) is 5.43. The van der Waals surface area contributed by atoms with Gasteiger partial charge < -0.3 is 10.8 Å². The summed E-state index contributed by atoms with van der Waals surface area (Å²) in [5, 5.41) is 7.99. The monoisotopic (exact) mass is 111 g/mol. The van der Waals surface area contributed by atoms with E-state index in [1.54, 1.807) is 0 Å². The number of rotatable bonds is 3. The van der Waals surface area contributed by atoms with Crippen LogP contribution >= 0.6 is 0 Å². The smallest absolute Gasteiger partial charge is 0.303 e. The van der Waals surface area contributed by atoms with E-state index < -0.39 is 5.97 Å². The Morgan fingerprint density at radius 2 is 2.29 bits per heavy atom. The Hall–Kier alpha value is -0.570. The molecule has 0 unspecified atom stereocenters. The van der Waals surface area contributed by atoms with Crippen LogP contribution in [0.15, 0.2) is 0 Å². The molecule has 0 fully saturated rings. The summed E-state index contributed by atoms with van der Waals surface area (Å²) in [7, 11) is 0. The summed E-state index contributed by atoms with van der Waals surface area (Å²) in [5.41, 5.74) is 5.01. The third-order valence-corrected chi connectivity index (χ3v) is 0.595. The van der Waals surface area contributed by atoms with Crippen molar-refractivity contribution in [1.82, 2.24) is 0 Å². The molecule has 3 N–H and O–H groups in total. The minimum Gasteiger partial charge on any atom is -0.481 e. The molecule has 0 aromatic heterocycles. The van der Waals surface area contributed by atoms with E-state index in [0.29, 0.717) is 13.0 Å². The highest BCUT2D eigenvalue weighted by Gasteiger charge is 1.91. The van der Waals surface area contributed by atoms with Crippen molar-refractivity contribution in [2.45, 2.75) is 12.8 Å². The molecule has 0 aliphatic carbocycles. The minimum absolute atomic E-state index is 0.191. The molecule has 3 heteroatoms. The molecular formula is C4H9NO2. The molecule has 0 atom stereocenters. The zero-order valence-electron chi connectivity index (χ0n) is 4.05. The van der Waals surface area contributed by atoms with E-state index in [4.69, 9.17) is 10.8 Å². The first-order valence-electron chi connectivity index (χ1n) is 2.19. The van der Waals surface area contributed by atoms with Crippen molar-refractivity contribution in [2.75, 3.05) is 6.54 Å². The number of hydrogen-bond acceptors (Lipinski definition) is 2. The lowest BCUT2D eigenvalue weighted by atomic mass is 12.2. The van der Waals surface area contributed by atoms with E-state index in [-0.39, 0.29) is 6.42 Å². The van der Waals surface area contributed by atoms with Crippen LogP contribution in [0.1, 0.15) is 12.8 Å². The average Bonchev–Trinajstić information content (AvgIpc) is 1.61. The molecule has 0 aliphatic rings. The second-order valence-electron chi connectivity index (χ2n) is 1.29. The highest BCUT2D eigenvalue weighted by atomic mass is 16.7. The molecular weight excluding hydrogens is 102 g/mol. The Bertz CT molecular complexity index is 62.7. The second kappa shape index (κ2) is 3.61. The van der Waals surface area contributed by atoms with Crippen LogP contribution in [0.5, 0.6) is 0 Å². The van der Waals surface area contributed by atoms with E-state index in [1.165, 1.54) is 0 Å². The Labute approximate surface area is 42.1 Å². The predicted molar refractivity (Wildman–Crippen MR) is 25.9 cm³/mol. The predicted octanol–water partition coefficient (Wildman–Crippen LogP) is -0.190. The van der Waals surface area contributed by atoms with E-state index in [0.717, 1.165) is 0 Å². The number of hydrogen-bond donors (Lipinski definition) is 2. The normalized spacial score (nSPS) is 8.71. The lowest BCUT2D eigenvalue weighted by Crippen LogP contribution is -2.02. The number of carboxylic acids is 1. The zero-order valence-corrected chi connectivity index (χ0v) is 4.05. The minimum atomic E-state index is -0.773. The molecule has 0 spiro atoms. The van der Waals surface area contributed by atoms with Gasteiger partial charge in [0.25, 0.3) is 0 Å². The van der Waals surface area contributed by atoms with Crippen LogP contribution in [0, 0.1) is 0 Å². The van der Waals surface area contributed by atoms with Crippen molar-refractivity contribution in [2.24, 2.45) is 5.73 Å². The number of carbonyl (C=O) groups is 1. The van der Waals surface area contributed by atoms with Crippen LogP contribution in [0.25, 0.3) is 0 Å². The number of carboxylic acid groups (broad SMARTS) is 1. The van der Waals surface area contributed by atoms with Crippen molar-refractivity contribution in [3.05, 3.63) is 0 Å². The van der Waals surface area contributed by atoms with Crippen LogP contribution in [0.3, 0.4) is 0 Å². The first kappa shape index (κ1) is 6.43. The highest BCUT2D eigenvalue weighted by molar-refractivity contribution is 5.66. The fourth-order valence-electron chi connectivity index (χ4n) is 0.253. The fourth-order valence-corrected chi connectivity index (χ4v) is 0.253. The SMILES string of the molecule is N[14CH2][14CH2][14CH2][14C](=O)O. The first-order chi connectivity index (χ1) is 3.27. The molecule has 0 saturated heterocycles. The fraction of sp³-hybridized carbons (Fsp3) is 0.750. The van der Waals surface area contributed by atoms with Crippen LogP contribution in [0.2, 0.25) is 0 Å². The van der Waals surface area contributed by atoms with Crippen molar-refractivity contribution in [3.8, 4) is 0 Å². The van der Waals surface area contributed by atoms with Gasteiger partial charge in [0.15, 0.2) is 0 Å². The molecule has 42 valence electrons. The molecule has 0 radical (unpaired) electrons. The second-order valence-corrected chi connectivity index (χ2v) is 1.29. The first-order valence-corrected chi connectivity index (χ1v) is 2.19. The van der Waals surface area contributed by atoms with Gasteiger partial charge in [-0.1, -0.05) is 0 Å². The molecule has 0 aliphatic heterocycles. The summed E-state index contributed by atoms with van der Waals surface area (Å²) < 4.78 is 0. The quantitative estimate of drug-likeness (QED) is 0.530. The molecule has 0 amide bonds. The molecule has 0 aromatic rings. The summed E-state index contributed by atoms with van der Waals surface area (Å²) in [6, 6.07) is 0. The maximum atomic E-state index is 9.70. The van der Waals surface area contributed by atoms with Gasteiger partial charge in [0, 0.05) is 6.42 Å². The van der Waals surface area contributed by atoms with Gasteiger partial charge in [-0.15, -0.1) is 0 Å². The van der Waals surface area contributed by atoms with Crippen LogP contribution in [-0.4, -0.2) is 17.6 Å². The van der Waals surface area contributed by atoms with E-state index >= 15 is 0 Å². The Kier molecular flexibility index (Phi) is 3.32. The van der Waals surface area contributed by atoms with Crippen molar-refractivity contribution >= 4 is 5.97 Å². The van der Waals surface area contributed by atoms with Crippen molar-refractivity contribution in [1.29, 1.82) is 0 Å². The molecule has 0 heterocycles. The van der Waals surface area contributed by atoms with Gasteiger partial charge in [0.1, 0.15) is 0 Å². The third-order valence-electron chi connectivity index (χ3n) is 0.595. The number of aliphatic carboxylic acids is 1. The van der Waals surface area contributed by atoms with Gasteiger partial charge in [0.2, 0.25) is 0 Å². The Morgan fingerprint density at radius 3 is 2.43 bits per heavy atom. The molecule has 0 saturated carbocycles. The van der Waals surface area contributed by atoms with Crippen LogP contribution < -0.4 is 5.73 Å². The Morgan fingerprint density at radius 1 is 1.71 bits per heavy atom. The van der Waals surface area contributed by atoms with Crippen molar-refractivity contribution < 1.29 is 9.90 Å². The van der Waals surface area contributed by atoms with Gasteiger partial charge in [-0.25, -0.2) is 0 Å². The van der Waals surface area contributed by atoms with Gasteiger partial charge in [-0.3, -0.25) is 4.79 Å². The molecule has 7 heavy (non-hydrogen) atoms. The highest BCUT2D eigenvalue weighted by Crippen LogP contribution is 1.82. The van der Waals surface area contributed by atoms with Crippen LogP contribution in [0.4, 0.5) is 0 Å². The van der Waals surface area contributed by atoms with Gasteiger partial charge >= 0.3 is 5.97 Å². The van der Waals surface area contributed by atoms with Gasteiger partial charge in [-0.05, 0) is 13.0 Å². The van der Waals surface area contributed by atoms with Crippen molar-refractivity contribution in [3.63, 3.8) is 0 Å². The summed E-state index contributed by atoms with van der Waals surface area (Å²) >= 11 is 0. The zero-order chi connectivity index (χ0) is 5.70. The van der Waals surface area contributed by atoms with E-state index in [9.17, 15) is 4.79 Å². The Balaban J connectivity index is 2.82. The lowest BCUT2D eigenvalue weighted by molar-refractivity contribution is -0.137. The van der Waals surface area contributed by atoms with Crippen LogP contribution in [-0.2, 0) is 4.79 Å². The lowest BCUT2D eigenvalue weighted by Gasteiger charge is -1.86. The maximum absolute atomic E-state index is 9.70. The molecule has 0 bridgehead atoms. The number of nitrogens with two attached hydrogens (primary N) is 1. The summed E-state index contributed by atoms with van der Waals surface area (Å²) in [6.07, 6.45) is 0.770. The topological polar surface area (TPSA) is 63.3 Å². The van der Waals surface area contributed by atoms with E-state index in [2.05, 4.69) is 0 Å². The average molecular weight is 111 g/mol. The van der Waals surface area contributed by atoms with E-state index in [1.807, 2.05) is 0 Å². The van der Waals surface area contributed by atoms with Gasteiger partial charge in [-0.2, -0.15) is 0 Å². The van der Waals surface area contributed by atoms with Gasteiger partial charge in [0.05, 0.1) is 0 Å². The standard InChI is InChI=1S/C4H9NO2/c5-3-1-2-4(6)7/h1-3,5H2,(H,6,7)/i1+2,2+2,3+2,4+2. The molecule has 3 nitrogen and oxygen atoms in total.